The van der Waals surface area contributed by atoms with E-state index in [4.69, 9.17) is 0 Å². The molecule has 9 rings (SSSR count). The SMILES string of the molecule is c1ccc(-c2cc(-c3ccccc3)c3sc4c(-c5ccc6c(c5)-c5ccccc5C6)cc(-c5ccccc5)cc4c3c2)cc1. The van der Waals surface area contributed by atoms with Gasteiger partial charge >= 0.3 is 0 Å². The van der Waals surface area contributed by atoms with Crippen molar-refractivity contribution in [1.29, 1.82) is 0 Å². The summed E-state index contributed by atoms with van der Waals surface area (Å²) in [5.74, 6) is 0. The molecule has 0 bridgehead atoms. The zero-order valence-corrected chi connectivity index (χ0v) is 24.9. The lowest BCUT2D eigenvalue weighted by atomic mass is 9.92. The summed E-state index contributed by atoms with van der Waals surface area (Å²) in [6.45, 7) is 0. The molecule has 1 aromatic heterocycles. The molecule has 0 radical (unpaired) electrons. The van der Waals surface area contributed by atoms with Crippen LogP contribution in [-0.2, 0) is 6.42 Å². The van der Waals surface area contributed by atoms with E-state index in [0.717, 1.165) is 6.42 Å². The van der Waals surface area contributed by atoms with Crippen LogP contribution in [0.2, 0.25) is 0 Å². The van der Waals surface area contributed by atoms with E-state index in [1.807, 2.05) is 11.3 Å². The second-order valence-electron chi connectivity index (χ2n) is 11.7. The second-order valence-corrected chi connectivity index (χ2v) is 12.7. The summed E-state index contributed by atoms with van der Waals surface area (Å²) in [6.07, 6.45) is 1.01. The summed E-state index contributed by atoms with van der Waals surface area (Å²) in [5, 5.41) is 2.63. The highest BCUT2D eigenvalue weighted by molar-refractivity contribution is 7.27. The largest absolute Gasteiger partial charge is 0.134 e. The van der Waals surface area contributed by atoms with Crippen molar-refractivity contribution in [3.05, 3.63) is 169 Å². The highest BCUT2D eigenvalue weighted by atomic mass is 32.1. The van der Waals surface area contributed by atoms with Crippen LogP contribution in [0.5, 0.6) is 0 Å². The predicted octanol–water partition coefficient (Wildman–Crippen LogP) is 12.3. The van der Waals surface area contributed by atoms with Gasteiger partial charge in [0.1, 0.15) is 0 Å². The van der Waals surface area contributed by atoms with Crippen LogP contribution in [0.25, 0.3) is 75.8 Å². The molecule has 0 amide bonds. The molecule has 0 nitrogen and oxygen atoms in total. The first kappa shape index (κ1) is 25.3. The Morgan fingerprint density at radius 2 is 0.795 bits per heavy atom. The minimum absolute atomic E-state index is 1.01. The van der Waals surface area contributed by atoms with Crippen LogP contribution >= 0.6 is 11.3 Å². The number of thiophene rings is 1. The second kappa shape index (κ2) is 10.2. The minimum atomic E-state index is 1.01. The molecule has 7 aromatic carbocycles. The first-order chi connectivity index (χ1) is 21.8. The lowest BCUT2D eigenvalue weighted by Crippen LogP contribution is -1.86. The lowest BCUT2D eigenvalue weighted by molar-refractivity contribution is 1.26. The van der Waals surface area contributed by atoms with Crippen LogP contribution in [-0.4, -0.2) is 0 Å². The molecule has 0 spiro atoms. The summed E-state index contributed by atoms with van der Waals surface area (Å²) in [4.78, 5) is 0. The molecular weight excluding hydrogens is 549 g/mol. The normalized spacial score (nSPS) is 12.0. The number of rotatable bonds is 4. The quantitative estimate of drug-likeness (QED) is 0.195. The molecule has 0 aliphatic heterocycles. The molecule has 0 unspecified atom stereocenters. The zero-order valence-electron chi connectivity index (χ0n) is 24.1. The van der Waals surface area contributed by atoms with Crippen molar-refractivity contribution in [3.63, 3.8) is 0 Å². The van der Waals surface area contributed by atoms with Crippen molar-refractivity contribution >= 4 is 31.5 Å². The molecule has 1 aliphatic rings. The van der Waals surface area contributed by atoms with Crippen LogP contribution in [0.3, 0.4) is 0 Å². The van der Waals surface area contributed by atoms with Crippen molar-refractivity contribution < 1.29 is 0 Å². The molecule has 206 valence electrons. The maximum Gasteiger partial charge on any atom is 0.0434 e. The van der Waals surface area contributed by atoms with Crippen LogP contribution < -0.4 is 0 Å². The van der Waals surface area contributed by atoms with Crippen molar-refractivity contribution in [2.24, 2.45) is 0 Å². The molecule has 1 heterocycles. The Labute approximate surface area is 261 Å². The number of hydrogen-bond donors (Lipinski definition) is 0. The number of hydrogen-bond acceptors (Lipinski definition) is 1. The van der Waals surface area contributed by atoms with Gasteiger partial charge in [-0.3, -0.25) is 0 Å². The van der Waals surface area contributed by atoms with Crippen molar-refractivity contribution in [2.75, 3.05) is 0 Å². The van der Waals surface area contributed by atoms with Gasteiger partial charge in [-0.15, -0.1) is 11.3 Å². The standard InChI is InChI=1S/C43H28S/c1-4-12-28(13-5-1)34-24-38(30-16-8-3-9-17-30)42-40(26-34)41-27-35(29-14-6-2-7-15-29)25-39(43(41)44-42)33-21-20-32-22-31-18-10-11-19-36(31)37(32)23-33/h1-21,23-27H,22H2. The summed E-state index contributed by atoms with van der Waals surface area (Å²) in [6, 6.07) is 58.1. The Morgan fingerprint density at radius 3 is 1.41 bits per heavy atom. The van der Waals surface area contributed by atoms with Gasteiger partial charge in [-0.05, 0) is 92.4 Å². The smallest absolute Gasteiger partial charge is 0.0434 e. The van der Waals surface area contributed by atoms with Gasteiger partial charge in [0.25, 0.3) is 0 Å². The fourth-order valence-corrected chi connectivity index (χ4v) is 8.25. The molecular formula is C43H28S. The van der Waals surface area contributed by atoms with Gasteiger partial charge in [0, 0.05) is 31.3 Å². The van der Waals surface area contributed by atoms with Gasteiger partial charge in [-0.1, -0.05) is 127 Å². The van der Waals surface area contributed by atoms with Gasteiger partial charge in [0.05, 0.1) is 0 Å². The maximum atomic E-state index is 2.43. The van der Waals surface area contributed by atoms with Crippen LogP contribution in [0.4, 0.5) is 0 Å². The molecule has 8 aromatic rings. The van der Waals surface area contributed by atoms with E-state index in [1.165, 1.54) is 86.9 Å². The third kappa shape index (κ3) is 4.12. The lowest BCUT2D eigenvalue weighted by Gasteiger charge is -2.11. The van der Waals surface area contributed by atoms with Crippen LogP contribution in [0.1, 0.15) is 11.1 Å². The first-order valence-corrected chi connectivity index (χ1v) is 16.0. The van der Waals surface area contributed by atoms with Gasteiger partial charge in [-0.25, -0.2) is 0 Å². The fourth-order valence-electron chi connectivity index (χ4n) is 6.91. The minimum Gasteiger partial charge on any atom is -0.134 e. The number of benzene rings is 7. The highest BCUT2D eigenvalue weighted by Gasteiger charge is 2.21. The molecule has 0 saturated carbocycles. The number of fused-ring (bicyclic) bond motifs is 6. The monoisotopic (exact) mass is 576 g/mol. The summed E-state index contributed by atoms with van der Waals surface area (Å²) in [7, 11) is 0. The zero-order chi connectivity index (χ0) is 29.0. The van der Waals surface area contributed by atoms with Crippen LogP contribution in [0, 0.1) is 0 Å². The third-order valence-corrected chi connectivity index (χ3v) is 10.4. The van der Waals surface area contributed by atoms with E-state index in [9.17, 15) is 0 Å². The molecule has 44 heavy (non-hydrogen) atoms. The van der Waals surface area contributed by atoms with Crippen LogP contribution in [0.15, 0.2) is 158 Å². The van der Waals surface area contributed by atoms with Crippen molar-refractivity contribution in [2.45, 2.75) is 6.42 Å². The molecule has 1 heteroatoms. The fraction of sp³-hybridized carbons (Fsp3) is 0.0233. The summed E-state index contributed by atoms with van der Waals surface area (Å²) in [5.41, 5.74) is 15.7. The third-order valence-electron chi connectivity index (χ3n) is 9.08. The molecule has 0 saturated heterocycles. The Kier molecular flexibility index (Phi) is 5.85. The topological polar surface area (TPSA) is 0 Å². The molecule has 0 fully saturated rings. The average Bonchev–Trinajstić information content (AvgIpc) is 3.66. The van der Waals surface area contributed by atoms with E-state index in [-0.39, 0.29) is 0 Å². The first-order valence-electron chi connectivity index (χ1n) is 15.2. The van der Waals surface area contributed by atoms with Gasteiger partial charge in [-0.2, -0.15) is 0 Å². The van der Waals surface area contributed by atoms with E-state index in [2.05, 4.69) is 158 Å². The Bertz CT molecular complexity index is 2330. The van der Waals surface area contributed by atoms with E-state index in [0.29, 0.717) is 0 Å². The van der Waals surface area contributed by atoms with E-state index >= 15 is 0 Å². The highest BCUT2D eigenvalue weighted by Crippen LogP contribution is 2.48. The molecule has 0 N–H and O–H groups in total. The summed E-state index contributed by atoms with van der Waals surface area (Å²) < 4.78 is 2.68. The molecule has 0 atom stereocenters. The Morgan fingerprint density at radius 1 is 0.318 bits per heavy atom. The summed E-state index contributed by atoms with van der Waals surface area (Å²) >= 11 is 1.93. The van der Waals surface area contributed by atoms with Gasteiger partial charge in [0.2, 0.25) is 0 Å². The Balaban J connectivity index is 1.37. The van der Waals surface area contributed by atoms with Crippen molar-refractivity contribution in [3.8, 4) is 55.6 Å². The average molecular weight is 577 g/mol. The maximum absolute atomic E-state index is 2.43. The van der Waals surface area contributed by atoms with E-state index < -0.39 is 0 Å². The van der Waals surface area contributed by atoms with Gasteiger partial charge < -0.3 is 0 Å². The predicted molar refractivity (Wildman–Crippen MR) is 189 cm³/mol. The molecule has 1 aliphatic carbocycles. The Hall–Kier alpha value is -5.24. The van der Waals surface area contributed by atoms with E-state index in [1.54, 1.807) is 0 Å². The van der Waals surface area contributed by atoms with Crippen molar-refractivity contribution in [1.82, 2.24) is 0 Å². The van der Waals surface area contributed by atoms with Gasteiger partial charge in [0.15, 0.2) is 0 Å².